The van der Waals surface area contributed by atoms with Crippen LogP contribution in [0.5, 0.6) is 0 Å². The summed E-state index contributed by atoms with van der Waals surface area (Å²) in [5.41, 5.74) is 1.30. The summed E-state index contributed by atoms with van der Waals surface area (Å²) in [6.45, 7) is -3.18. The van der Waals surface area contributed by atoms with Gasteiger partial charge in [-0.15, -0.1) is 0 Å². The van der Waals surface area contributed by atoms with Gasteiger partial charge in [0, 0.05) is 70.5 Å². The normalized spacial score (nSPS) is 35.3. The SMILES string of the molecule is COC[C@H]1O[C@@H](CCNC(=O)[C@@H](CNC(=O)OCc2ccccc2)NC(=O)OCc2ccccc2)[C@H](OC)[C@@H](OS(=O)(=O)[O-])[C@@H]1O[C@@H]1O[C@@H](C(=O)O)[C@@H](O[C@H]2O[C@H](CO)[C@@H](O[C@@H]3O[C@H](C(=O)O)[C@@H](O[C@H]4O[C@H](CO)[C@@H](OC)[C@H](OC)[C@H]4OC)[C@H](OC)[C@H]3OC)[C@H](O)[C@H]2O)[C@H](OC)[C@H]1OC. The second kappa shape index (κ2) is 38.6. The zero-order valence-electron chi connectivity index (χ0n) is 55.4. The van der Waals surface area contributed by atoms with Crippen molar-refractivity contribution < 1.29 is 167 Å². The zero-order valence-corrected chi connectivity index (χ0v) is 56.2. The van der Waals surface area contributed by atoms with Crippen LogP contribution >= 0.6 is 0 Å². The number of carboxylic acids is 2. The summed E-state index contributed by atoms with van der Waals surface area (Å²) in [4.78, 5) is 66.0. The molecule has 0 radical (unpaired) electrons. The van der Waals surface area contributed by atoms with Crippen molar-refractivity contribution >= 4 is 40.4 Å². The number of hydrogen-bond donors (Lipinski definition) is 9. The maximum Gasteiger partial charge on any atom is 0.408 e. The van der Waals surface area contributed by atoms with Gasteiger partial charge in [0.2, 0.25) is 16.3 Å². The lowest BCUT2D eigenvalue weighted by Crippen LogP contribution is -2.69. The van der Waals surface area contributed by atoms with Gasteiger partial charge in [-0.25, -0.2) is 27.6 Å². The molecule has 38 nitrogen and oxygen atoms in total. The number of rotatable bonds is 35. The molecular formula is C60H88N3O35S-. The highest BCUT2D eigenvalue weighted by molar-refractivity contribution is 7.80. The van der Waals surface area contributed by atoms with Gasteiger partial charge >= 0.3 is 24.1 Å². The molecule has 0 aromatic heterocycles. The first-order chi connectivity index (χ1) is 47.5. The number of aliphatic carboxylic acids is 2. The summed E-state index contributed by atoms with van der Waals surface area (Å²) in [5.74, 6) is -4.26. The first kappa shape index (κ1) is 80.7. The Morgan fingerprint density at radius 2 is 0.909 bits per heavy atom. The number of methoxy groups -OCH3 is 9. The molecule has 5 aliphatic heterocycles. The van der Waals surface area contributed by atoms with E-state index in [1.54, 1.807) is 60.7 Å². The predicted molar refractivity (Wildman–Crippen MR) is 323 cm³/mol. The van der Waals surface area contributed by atoms with Gasteiger partial charge in [-0.3, -0.25) is 8.98 Å². The highest BCUT2D eigenvalue weighted by atomic mass is 32.3. The van der Waals surface area contributed by atoms with Crippen molar-refractivity contribution in [2.75, 3.05) is 96.9 Å². The number of nitrogens with one attached hydrogen (secondary N) is 3. The smallest absolute Gasteiger partial charge is 0.408 e. The van der Waals surface area contributed by atoms with Gasteiger partial charge in [0.05, 0.1) is 32.5 Å². The van der Waals surface area contributed by atoms with Crippen molar-refractivity contribution in [2.24, 2.45) is 0 Å². The van der Waals surface area contributed by atoms with E-state index in [0.29, 0.717) is 11.1 Å². The molecular weight excluding hydrogens is 1350 g/mol. The third kappa shape index (κ3) is 20.6. The lowest BCUT2D eigenvalue weighted by Gasteiger charge is -2.51. The van der Waals surface area contributed by atoms with Crippen LogP contribution < -0.4 is 16.0 Å². The number of amides is 3. The molecule has 5 fully saturated rings. The summed E-state index contributed by atoms with van der Waals surface area (Å²) in [6.07, 6.45) is -43.3. The van der Waals surface area contributed by atoms with Gasteiger partial charge in [0.1, 0.15) is 129 Å². The number of hydrogen-bond acceptors (Lipinski definition) is 33. The second-order valence-electron chi connectivity index (χ2n) is 22.9. The van der Waals surface area contributed by atoms with Crippen LogP contribution in [0.1, 0.15) is 17.5 Å². The van der Waals surface area contributed by atoms with Crippen molar-refractivity contribution in [3.8, 4) is 0 Å². The van der Waals surface area contributed by atoms with Crippen LogP contribution in [0, 0.1) is 0 Å². The number of carboxylic acid groups (broad SMARTS) is 2. The lowest BCUT2D eigenvalue weighted by atomic mass is 9.92. The van der Waals surface area contributed by atoms with Crippen molar-refractivity contribution in [1.29, 1.82) is 0 Å². The molecule has 5 heterocycles. The summed E-state index contributed by atoms with van der Waals surface area (Å²) in [5, 5.41) is 73.3. The van der Waals surface area contributed by atoms with Crippen LogP contribution in [0.3, 0.4) is 0 Å². The van der Waals surface area contributed by atoms with Gasteiger partial charge in [-0.05, 0) is 17.5 Å². The minimum Gasteiger partial charge on any atom is -0.726 e. The number of benzene rings is 2. The van der Waals surface area contributed by atoms with Crippen LogP contribution in [0.25, 0.3) is 0 Å². The van der Waals surface area contributed by atoms with Crippen molar-refractivity contribution in [3.05, 3.63) is 71.8 Å². The Kier molecular flexibility index (Phi) is 31.5. The zero-order chi connectivity index (χ0) is 72.3. The molecule has 2 aromatic carbocycles. The van der Waals surface area contributed by atoms with Crippen molar-refractivity contribution in [2.45, 2.75) is 179 Å². The molecule has 7 rings (SSSR count). The molecule has 39 heteroatoms. The van der Waals surface area contributed by atoms with E-state index in [-0.39, 0.29) is 26.2 Å². The first-order valence-corrected chi connectivity index (χ1v) is 32.3. The average Bonchev–Trinajstić information content (AvgIpc) is 0.798. The summed E-state index contributed by atoms with van der Waals surface area (Å²) in [7, 11) is 5.22. The van der Waals surface area contributed by atoms with E-state index >= 15 is 0 Å². The summed E-state index contributed by atoms with van der Waals surface area (Å²) < 4.78 is 159. The van der Waals surface area contributed by atoms with E-state index in [2.05, 4.69) is 16.0 Å². The van der Waals surface area contributed by atoms with E-state index in [4.69, 9.17) is 98.9 Å². The molecule has 0 spiro atoms. The minimum absolute atomic E-state index is 0.118. The quantitative estimate of drug-likeness (QED) is 0.0238. The maximum absolute atomic E-state index is 13.8. The second-order valence-corrected chi connectivity index (χ2v) is 23.9. The Labute approximate surface area is 568 Å². The molecule has 5 aliphatic rings. The fourth-order valence-electron chi connectivity index (χ4n) is 12.2. The molecule has 0 aliphatic carbocycles. The number of carbonyl (C=O) groups excluding carboxylic acids is 3. The number of carbonyl (C=O) groups is 5. The van der Waals surface area contributed by atoms with E-state index < -0.39 is 226 Å². The largest absolute Gasteiger partial charge is 0.726 e. The predicted octanol–water partition coefficient (Wildman–Crippen LogP) is -3.59. The fraction of sp³-hybridized carbons (Fsp3) is 0.717. The molecule has 3 amide bonds. The van der Waals surface area contributed by atoms with E-state index in [9.17, 15) is 67.6 Å². The van der Waals surface area contributed by atoms with Crippen molar-refractivity contribution in [3.63, 3.8) is 0 Å². The van der Waals surface area contributed by atoms with E-state index in [0.717, 1.165) is 21.3 Å². The lowest BCUT2D eigenvalue weighted by molar-refractivity contribution is -0.390. The number of aliphatic hydroxyl groups excluding tert-OH is 4. The molecule has 26 atom stereocenters. The number of ether oxygens (including phenoxy) is 20. The van der Waals surface area contributed by atoms with Crippen LogP contribution in [-0.2, 0) is 137 Å². The van der Waals surface area contributed by atoms with Crippen LogP contribution in [0.4, 0.5) is 9.59 Å². The van der Waals surface area contributed by atoms with E-state index in [1.165, 1.54) is 42.7 Å². The third-order valence-corrected chi connectivity index (χ3v) is 17.4. The molecule has 560 valence electrons. The van der Waals surface area contributed by atoms with Gasteiger partial charge in [-0.1, -0.05) is 60.7 Å². The van der Waals surface area contributed by atoms with Crippen LogP contribution in [-0.4, -0.2) is 330 Å². The highest BCUT2D eigenvalue weighted by Gasteiger charge is 2.60. The Balaban J connectivity index is 1.05. The van der Waals surface area contributed by atoms with Crippen molar-refractivity contribution in [1.82, 2.24) is 16.0 Å². The molecule has 2 aromatic rings. The van der Waals surface area contributed by atoms with Gasteiger partial charge in [-0.2, -0.15) is 0 Å². The summed E-state index contributed by atoms with van der Waals surface area (Å²) in [6, 6.07) is 15.8. The van der Waals surface area contributed by atoms with Crippen LogP contribution in [0.2, 0.25) is 0 Å². The molecule has 99 heavy (non-hydrogen) atoms. The Morgan fingerprint density at radius 1 is 0.485 bits per heavy atom. The first-order valence-electron chi connectivity index (χ1n) is 30.9. The Hall–Kier alpha value is -5.62. The monoisotopic (exact) mass is 1440 g/mol. The topological polar surface area (TPSA) is 494 Å². The average molecular weight is 1440 g/mol. The molecule has 9 N–H and O–H groups in total. The molecule has 5 saturated heterocycles. The molecule has 0 saturated carbocycles. The van der Waals surface area contributed by atoms with Crippen LogP contribution in [0.15, 0.2) is 60.7 Å². The number of alkyl carbamates (subject to hydrolysis) is 2. The van der Waals surface area contributed by atoms with E-state index in [1.807, 2.05) is 0 Å². The number of aliphatic hydroxyl groups is 4. The van der Waals surface area contributed by atoms with Gasteiger partial charge in [0.25, 0.3) is 0 Å². The minimum atomic E-state index is -5.70. The Bertz CT molecular complexity index is 2930. The summed E-state index contributed by atoms with van der Waals surface area (Å²) >= 11 is 0. The highest BCUT2D eigenvalue weighted by Crippen LogP contribution is 2.39. The Morgan fingerprint density at radius 3 is 1.37 bits per heavy atom. The maximum atomic E-state index is 13.8. The van der Waals surface area contributed by atoms with Gasteiger partial charge in [0.15, 0.2) is 37.4 Å². The van der Waals surface area contributed by atoms with Gasteiger partial charge < -0.3 is 146 Å². The molecule has 0 bridgehead atoms. The third-order valence-electron chi connectivity index (χ3n) is 16.9. The fourth-order valence-corrected chi connectivity index (χ4v) is 12.7. The molecule has 0 unspecified atom stereocenters. The standard InChI is InChI=1S/C60H89N3O35S/c1-78-27-34-40(46(98-99(75,76)77)38(79-2)31(89-34)20-21-61-52(68)30(63-60(74)88-26-29-18-14-11-15-19-29)22-62-59(73)87-25-28-16-12-10-13-17-28)93-58-51(86-9)42(82-5)44(47(97-58)53(69)70)94-55-36(67)35(66)37(32(23-64)90-55)92-57-50(85-8)43(83-6)45(48(96-57)54(71)72)95-56-49(84-7)41(81-4)39(80-3)33(24-65)91-56/h10-19,30-51,55-58,64-67H,20-27H2,1-9H3,(H,61,68)(H,62,73)(H,63,74)(H,69,70)(H,71,72)(H,75,76,77)/p-1/t30-,31+,32-,33-,34-,35-,36-,37-,38+,39-,40-,41+,42+,43+,44+,45+,46-,47-,48+,49-,50-,51-,55-,56-,57-,58-/m1/s1.